The Morgan fingerprint density at radius 3 is 2.16 bits per heavy atom. The van der Waals surface area contributed by atoms with Crippen molar-refractivity contribution in [3.8, 4) is 0 Å². The summed E-state index contributed by atoms with van der Waals surface area (Å²) in [5, 5.41) is 11.2. The van der Waals surface area contributed by atoms with Gasteiger partial charge in [-0.15, -0.1) is 0 Å². The number of carbonyl (C=O) groups is 3. The second-order valence-corrected chi connectivity index (χ2v) is 5.18. The quantitative estimate of drug-likeness (QED) is 0.648. The van der Waals surface area contributed by atoms with Crippen LogP contribution >= 0.6 is 0 Å². The molecule has 2 N–H and O–H groups in total. The Balaban J connectivity index is 4.38. The molecule has 0 aromatic carbocycles. The number of nitrogens with one attached hydrogen (secondary N) is 1. The number of amides is 1. The van der Waals surface area contributed by atoms with Crippen molar-refractivity contribution >= 4 is 17.8 Å². The molecular weight excluding hydrogens is 250 g/mol. The Morgan fingerprint density at radius 2 is 1.74 bits per heavy atom. The molecule has 0 aliphatic heterocycles. The van der Waals surface area contributed by atoms with E-state index in [-0.39, 0.29) is 30.6 Å². The molecule has 6 heteroatoms. The molecular formula is C13H23NO5. The van der Waals surface area contributed by atoms with Crippen LogP contribution < -0.4 is 5.32 Å². The second kappa shape index (κ2) is 8.50. The van der Waals surface area contributed by atoms with E-state index in [0.29, 0.717) is 6.42 Å². The molecule has 19 heavy (non-hydrogen) atoms. The number of carboxylic acids is 1. The lowest BCUT2D eigenvalue weighted by Crippen LogP contribution is -2.42. The van der Waals surface area contributed by atoms with Crippen LogP contribution in [0.4, 0.5) is 0 Å². The van der Waals surface area contributed by atoms with Crippen LogP contribution in [0.15, 0.2) is 0 Å². The Hall–Kier alpha value is -1.59. The molecule has 2 unspecified atom stereocenters. The van der Waals surface area contributed by atoms with Gasteiger partial charge in [0.05, 0.1) is 7.11 Å². The third kappa shape index (κ3) is 8.18. The van der Waals surface area contributed by atoms with Crippen molar-refractivity contribution in [2.75, 3.05) is 7.11 Å². The zero-order chi connectivity index (χ0) is 15.0. The average molecular weight is 273 g/mol. The van der Waals surface area contributed by atoms with Crippen molar-refractivity contribution in [2.45, 2.75) is 46.1 Å². The van der Waals surface area contributed by atoms with Gasteiger partial charge in [-0.05, 0) is 18.3 Å². The van der Waals surface area contributed by atoms with Crippen LogP contribution in [0.1, 0.15) is 40.0 Å². The minimum absolute atomic E-state index is 0.0690. The summed E-state index contributed by atoms with van der Waals surface area (Å²) in [6.45, 7) is 5.56. The number of carboxylic acid groups (broad SMARTS) is 1. The first-order valence-corrected chi connectivity index (χ1v) is 6.35. The lowest BCUT2D eigenvalue weighted by molar-refractivity contribution is -0.146. The molecule has 2 atom stereocenters. The van der Waals surface area contributed by atoms with E-state index in [4.69, 9.17) is 5.11 Å². The average Bonchev–Trinajstić information content (AvgIpc) is 2.24. The second-order valence-electron chi connectivity index (χ2n) is 5.18. The van der Waals surface area contributed by atoms with Gasteiger partial charge >= 0.3 is 11.9 Å². The molecule has 0 radical (unpaired) electrons. The maximum absolute atomic E-state index is 11.7. The van der Waals surface area contributed by atoms with Crippen LogP contribution in [0.2, 0.25) is 0 Å². The molecule has 6 nitrogen and oxygen atoms in total. The van der Waals surface area contributed by atoms with Crippen molar-refractivity contribution in [2.24, 2.45) is 11.8 Å². The standard InChI is InChI=1S/C13H23NO5/c1-8(2)5-10(13(18)19-4)14-11(15)6-9(3)7-12(16)17/h8-10H,5-7H2,1-4H3,(H,14,15)(H,16,17). The fourth-order valence-corrected chi connectivity index (χ4v) is 1.77. The highest BCUT2D eigenvalue weighted by atomic mass is 16.5. The van der Waals surface area contributed by atoms with Gasteiger partial charge in [0.1, 0.15) is 6.04 Å². The van der Waals surface area contributed by atoms with E-state index in [0.717, 1.165) is 0 Å². The number of aliphatic carboxylic acids is 1. The summed E-state index contributed by atoms with van der Waals surface area (Å²) in [7, 11) is 1.27. The third-order valence-electron chi connectivity index (χ3n) is 2.58. The van der Waals surface area contributed by atoms with Crippen molar-refractivity contribution in [3.05, 3.63) is 0 Å². The zero-order valence-corrected chi connectivity index (χ0v) is 11.9. The number of hydrogen-bond donors (Lipinski definition) is 2. The number of esters is 1. The van der Waals surface area contributed by atoms with Crippen LogP contribution in [0.25, 0.3) is 0 Å². The van der Waals surface area contributed by atoms with E-state index in [1.807, 2.05) is 13.8 Å². The molecule has 0 spiro atoms. The van der Waals surface area contributed by atoms with E-state index < -0.39 is 18.0 Å². The van der Waals surface area contributed by atoms with Gasteiger partial charge in [0.2, 0.25) is 5.91 Å². The molecule has 0 heterocycles. The van der Waals surface area contributed by atoms with Crippen molar-refractivity contribution in [3.63, 3.8) is 0 Å². The molecule has 0 aromatic heterocycles. The predicted molar refractivity (Wildman–Crippen MR) is 69.4 cm³/mol. The van der Waals surface area contributed by atoms with Gasteiger partial charge in [0.25, 0.3) is 0 Å². The first-order valence-electron chi connectivity index (χ1n) is 6.35. The number of ether oxygens (including phenoxy) is 1. The highest BCUT2D eigenvalue weighted by Crippen LogP contribution is 2.10. The summed E-state index contributed by atoms with van der Waals surface area (Å²) in [4.78, 5) is 33.8. The Morgan fingerprint density at radius 1 is 1.16 bits per heavy atom. The Bertz CT molecular complexity index is 327. The molecule has 0 rings (SSSR count). The number of carbonyl (C=O) groups excluding carboxylic acids is 2. The van der Waals surface area contributed by atoms with E-state index in [1.165, 1.54) is 7.11 Å². The Labute approximate surface area is 113 Å². The highest BCUT2D eigenvalue weighted by molar-refractivity contribution is 5.84. The largest absolute Gasteiger partial charge is 0.481 e. The zero-order valence-electron chi connectivity index (χ0n) is 11.9. The van der Waals surface area contributed by atoms with E-state index in [2.05, 4.69) is 10.1 Å². The van der Waals surface area contributed by atoms with Crippen molar-refractivity contribution in [1.29, 1.82) is 0 Å². The molecule has 0 saturated heterocycles. The number of hydrogen-bond acceptors (Lipinski definition) is 4. The molecule has 0 fully saturated rings. The van der Waals surface area contributed by atoms with Crippen LogP contribution in [0.3, 0.4) is 0 Å². The molecule has 1 amide bonds. The van der Waals surface area contributed by atoms with Crippen LogP contribution in [0.5, 0.6) is 0 Å². The summed E-state index contributed by atoms with van der Waals surface area (Å²) in [5.74, 6) is -1.78. The van der Waals surface area contributed by atoms with Crippen LogP contribution in [0, 0.1) is 11.8 Å². The van der Waals surface area contributed by atoms with Gasteiger partial charge in [-0.1, -0.05) is 20.8 Å². The van der Waals surface area contributed by atoms with E-state index in [9.17, 15) is 14.4 Å². The molecule has 110 valence electrons. The van der Waals surface area contributed by atoms with E-state index in [1.54, 1.807) is 6.92 Å². The topological polar surface area (TPSA) is 92.7 Å². The molecule has 0 aromatic rings. The minimum atomic E-state index is -0.938. The van der Waals surface area contributed by atoms with Gasteiger partial charge in [-0.2, -0.15) is 0 Å². The number of rotatable bonds is 8. The van der Waals surface area contributed by atoms with Gasteiger partial charge in [-0.25, -0.2) is 4.79 Å². The normalized spacial score (nSPS) is 13.7. The fourth-order valence-electron chi connectivity index (χ4n) is 1.77. The SMILES string of the molecule is COC(=O)C(CC(C)C)NC(=O)CC(C)CC(=O)O. The van der Waals surface area contributed by atoms with Crippen LogP contribution in [-0.4, -0.2) is 36.1 Å². The molecule has 0 aliphatic carbocycles. The minimum Gasteiger partial charge on any atom is -0.481 e. The molecule has 0 aliphatic rings. The summed E-state index contributed by atoms with van der Waals surface area (Å²) in [6.07, 6.45) is 0.504. The third-order valence-corrected chi connectivity index (χ3v) is 2.58. The summed E-state index contributed by atoms with van der Waals surface area (Å²) in [5.41, 5.74) is 0. The summed E-state index contributed by atoms with van der Waals surface area (Å²) >= 11 is 0. The smallest absolute Gasteiger partial charge is 0.328 e. The van der Waals surface area contributed by atoms with Gasteiger partial charge in [0, 0.05) is 12.8 Å². The monoisotopic (exact) mass is 273 g/mol. The van der Waals surface area contributed by atoms with Crippen molar-refractivity contribution in [1.82, 2.24) is 5.32 Å². The van der Waals surface area contributed by atoms with Crippen LogP contribution in [-0.2, 0) is 19.1 Å². The molecule has 0 bridgehead atoms. The van der Waals surface area contributed by atoms with Gasteiger partial charge < -0.3 is 15.2 Å². The molecule has 0 saturated carbocycles. The predicted octanol–water partition coefficient (Wildman–Crippen LogP) is 1.19. The maximum Gasteiger partial charge on any atom is 0.328 e. The van der Waals surface area contributed by atoms with Gasteiger partial charge in [-0.3, -0.25) is 9.59 Å². The fraction of sp³-hybridized carbons (Fsp3) is 0.769. The Kier molecular flexibility index (Phi) is 7.79. The highest BCUT2D eigenvalue weighted by Gasteiger charge is 2.23. The first kappa shape index (κ1) is 17.4. The van der Waals surface area contributed by atoms with Gasteiger partial charge in [0.15, 0.2) is 0 Å². The maximum atomic E-state index is 11.7. The summed E-state index contributed by atoms with van der Waals surface area (Å²) in [6, 6.07) is -0.672. The lowest BCUT2D eigenvalue weighted by atomic mass is 10.0. The van der Waals surface area contributed by atoms with Crippen molar-refractivity contribution < 1.29 is 24.2 Å². The first-order chi connectivity index (χ1) is 8.76. The van der Waals surface area contributed by atoms with E-state index >= 15 is 0 Å². The summed E-state index contributed by atoms with van der Waals surface area (Å²) < 4.78 is 4.64. The lowest BCUT2D eigenvalue weighted by Gasteiger charge is -2.19. The number of methoxy groups -OCH3 is 1.